The molecule has 1 aromatic carbocycles. The summed E-state index contributed by atoms with van der Waals surface area (Å²) in [4.78, 5) is 40.5. The van der Waals surface area contributed by atoms with Crippen molar-refractivity contribution in [1.29, 1.82) is 0 Å². The highest BCUT2D eigenvalue weighted by molar-refractivity contribution is 7.14. The molecule has 8 nitrogen and oxygen atoms in total. The number of ether oxygens (including phenoxy) is 1. The Kier molecular flexibility index (Phi) is 5.27. The Morgan fingerprint density at radius 3 is 2.71 bits per heavy atom. The number of hydrogen-bond acceptors (Lipinski definition) is 7. The van der Waals surface area contributed by atoms with E-state index in [2.05, 4.69) is 10.3 Å². The Balaban J connectivity index is 1.45. The van der Waals surface area contributed by atoms with E-state index in [1.807, 2.05) is 0 Å². The molecule has 9 heteroatoms. The maximum atomic E-state index is 12.6. The zero-order chi connectivity index (χ0) is 19.5. The van der Waals surface area contributed by atoms with Crippen LogP contribution in [0.25, 0.3) is 10.9 Å². The summed E-state index contributed by atoms with van der Waals surface area (Å²) in [5.74, 6) is -0.206. The number of fused-ring (bicyclic) bond motifs is 1. The van der Waals surface area contributed by atoms with E-state index in [1.165, 1.54) is 11.3 Å². The molecular formula is C19H18N4O4S. The fourth-order valence-electron chi connectivity index (χ4n) is 3.04. The van der Waals surface area contributed by atoms with Gasteiger partial charge in [0.05, 0.1) is 29.9 Å². The Bertz CT molecular complexity index is 1080. The van der Waals surface area contributed by atoms with E-state index in [0.717, 1.165) is 9.56 Å². The summed E-state index contributed by atoms with van der Waals surface area (Å²) >= 11 is 1.27. The van der Waals surface area contributed by atoms with Crippen molar-refractivity contribution >= 4 is 33.9 Å². The van der Waals surface area contributed by atoms with Crippen LogP contribution in [-0.4, -0.2) is 57.9 Å². The van der Waals surface area contributed by atoms with Crippen LogP contribution in [0.5, 0.6) is 0 Å². The quantitative estimate of drug-likeness (QED) is 0.598. The molecule has 3 aromatic rings. The van der Waals surface area contributed by atoms with Crippen LogP contribution in [0, 0.1) is 0 Å². The van der Waals surface area contributed by atoms with Crippen molar-refractivity contribution in [2.45, 2.75) is 13.0 Å². The molecule has 0 bridgehead atoms. The number of carbonyl (C=O) groups is 2. The van der Waals surface area contributed by atoms with Crippen LogP contribution < -0.4 is 5.56 Å². The molecule has 28 heavy (non-hydrogen) atoms. The van der Waals surface area contributed by atoms with Gasteiger partial charge in [0.15, 0.2) is 5.78 Å². The molecule has 0 atom stereocenters. The third-order valence-corrected chi connectivity index (χ3v) is 5.67. The zero-order valence-electron chi connectivity index (χ0n) is 15.0. The molecule has 0 N–H and O–H groups in total. The first-order chi connectivity index (χ1) is 13.6. The maximum Gasteiger partial charge on any atom is 0.278 e. The molecule has 0 radical (unpaired) electrons. The molecule has 3 heterocycles. The molecule has 0 aliphatic carbocycles. The van der Waals surface area contributed by atoms with Gasteiger partial charge >= 0.3 is 0 Å². The Hall–Kier alpha value is -2.91. The number of morpholine rings is 1. The van der Waals surface area contributed by atoms with E-state index in [9.17, 15) is 14.4 Å². The van der Waals surface area contributed by atoms with Gasteiger partial charge in [-0.15, -0.1) is 16.4 Å². The smallest absolute Gasteiger partial charge is 0.278 e. The van der Waals surface area contributed by atoms with Gasteiger partial charge in [0.2, 0.25) is 5.91 Å². The lowest BCUT2D eigenvalue weighted by Gasteiger charge is -2.26. The first kappa shape index (κ1) is 18.5. The number of hydrogen-bond donors (Lipinski definition) is 0. The summed E-state index contributed by atoms with van der Waals surface area (Å²) in [7, 11) is 0. The van der Waals surface area contributed by atoms with Crippen molar-refractivity contribution in [1.82, 2.24) is 19.9 Å². The zero-order valence-corrected chi connectivity index (χ0v) is 15.9. The first-order valence-corrected chi connectivity index (χ1v) is 9.73. The fourth-order valence-corrected chi connectivity index (χ4v) is 3.97. The largest absolute Gasteiger partial charge is 0.378 e. The van der Waals surface area contributed by atoms with Gasteiger partial charge in [0, 0.05) is 18.0 Å². The lowest BCUT2D eigenvalue weighted by atomic mass is 10.2. The van der Waals surface area contributed by atoms with Crippen LogP contribution in [0.4, 0.5) is 0 Å². The van der Waals surface area contributed by atoms with Crippen LogP contribution in [0.1, 0.15) is 14.5 Å². The maximum absolute atomic E-state index is 12.6. The number of carbonyl (C=O) groups excluding carboxylic acids is 2. The van der Waals surface area contributed by atoms with Gasteiger partial charge in [-0.3, -0.25) is 14.4 Å². The highest BCUT2D eigenvalue weighted by atomic mass is 32.1. The number of amides is 1. The molecule has 1 aliphatic heterocycles. The van der Waals surface area contributed by atoms with Crippen LogP contribution in [0.15, 0.2) is 41.2 Å². The van der Waals surface area contributed by atoms with E-state index in [0.29, 0.717) is 42.1 Å². The number of rotatable bonds is 5. The lowest BCUT2D eigenvalue weighted by Crippen LogP contribution is -2.41. The molecule has 1 saturated heterocycles. The normalized spacial score (nSPS) is 14.4. The van der Waals surface area contributed by atoms with Gasteiger partial charge in [-0.05, 0) is 24.3 Å². The van der Waals surface area contributed by atoms with Gasteiger partial charge in [-0.1, -0.05) is 17.3 Å². The van der Waals surface area contributed by atoms with E-state index in [-0.39, 0.29) is 30.2 Å². The van der Waals surface area contributed by atoms with Crippen molar-refractivity contribution in [3.8, 4) is 0 Å². The summed E-state index contributed by atoms with van der Waals surface area (Å²) in [6, 6.07) is 10.4. The third-order valence-electron chi connectivity index (χ3n) is 4.55. The highest BCUT2D eigenvalue weighted by Gasteiger charge is 2.19. The second-order valence-electron chi connectivity index (χ2n) is 6.43. The summed E-state index contributed by atoms with van der Waals surface area (Å²) in [5, 5.41) is 8.27. The Morgan fingerprint density at radius 2 is 1.89 bits per heavy atom. The topological polar surface area (TPSA) is 94.4 Å². The minimum atomic E-state index is -0.349. The Labute approximate surface area is 164 Å². The number of benzene rings is 1. The van der Waals surface area contributed by atoms with Crippen molar-refractivity contribution in [2.75, 3.05) is 26.3 Å². The lowest BCUT2D eigenvalue weighted by molar-refractivity contribution is -0.134. The minimum absolute atomic E-state index is 0.0285. The summed E-state index contributed by atoms with van der Waals surface area (Å²) in [5.41, 5.74) is 0.148. The van der Waals surface area contributed by atoms with Gasteiger partial charge in [0.1, 0.15) is 12.1 Å². The number of Topliss-reactive ketones (excluding diaryl/α,β-unsaturated/α-hetero) is 1. The summed E-state index contributed by atoms with van der Waals surface area (Å²) in [6.07, 6.45) is 0.258. The second kappa shape index (κ2) is 7.99. The average molecular weight is 398 g/mol. The van der Waals surface area contributed by atoms with Gasteiger partial charge in [-0.25, -0.2) is 4.68 Å². The van der Waals surface area contributed by atoms with Gasteiger partial charge < -0.3 is 9.64 Å². The Morgan fingerprint density at radius 1 is 1.11 bits per heavy atom. The second-order valence-corrected chi connectivity index (χ2v) is 7.60. The van der Waals surface area contributed by atoms with Crippen LogP contribution in [0.3, 0.4) is 0 Å². The molecule has 2 aromatic heterocycles. The predicted octanol–water partition coefficient (Wildman–Crippen LogP) is 1.14. The predicted molar refractivity (Wildman–Crippen MR) is 104 cm³/mol. The average Bonchev–Trinajstić information content (AvgIpc) is 3.19. The summed E-state index contributed by atoms with van der Waals surface area (Å²) in [6.45, 7) is 2.12. The molecule has 144 valence electrons. The standard InChI is InChI=1S/C19H18N4O4S/c24-16(12-23-19(26)14-3-1-2-4-15(14)20-21-23)17-6-5-13(28-17)11-18(25)22-7-9-27-10-8-22/h1-6H,7-12H2. The molecule has 0 saturated carbocycles. The van der Waals surface area contributed by atoms with E-state index in [1.54, 1.807) is 41.3 Å². The molecule has 1 fully saturated rings. The number of ketones is 1. The van der Waals surface area contributed by atoms with Crippen molar-refractivity contribution in [2.24, 2.45) is 0 Å². The third kappa shape index (κ3) is 3.85. The molecule has 1 aliphatic rings. The van der Waals surface area contributed by atoms with Crippen molar-refractivity contribution < 1.29 is 14.3 Å². The van der Waals surface area contributed by atoms with Crippen molar-refractivity contribution in [3.05, 3.63) is 56.5 Å². The SMILES string of the molecule is O=C(Cn1nnc2ccccc2c1=O)c1ccc(CC(=O)N2CCOCC2)s1. The van der Waals surface area contributed by atoms with E-state index in [4.69, 9.17) is 4.74 Å². The van der Waals surface area contributed by atoms with Gasteiger partial charge in [-0.2, -0.15) is 0 Å². The number of aromatic nitrogens is 3. The van der Waals surface area contributed by atoms with Crippen LogP contribution in [0.2, 0.25) is 0 Å². The van der Waals surface area contributed by atoms with Gasteiger partial charge in [0.25, 0.3) is 5.56 Å². The van der Waals surface area contributed by atoms with Crippen LogP contribution in [-0.2, 0) is 22.5 Å². The van der Waals surface area contributed by atoms with Crippen molar-refractivity contribution in [3.63, 3.8) is 0 Å². The molecule has 4 rings (SSSR count). The summed E-state index contributed by atoms with van der Waals surface area (Å²) < 4.78 is 6.33. The van der Waals surface area contributed by atoms with Crippen LogP contribution >= 0.6 is 11.3 Å². The number of nitrogens with zero attached hydrogens (tertiary/aromatic N) is 4. The highest BCUT2D eigenvalue weighted by Crippen LogP contribution is 2.19. The molecular weight excluding hydrogens is 380 g/mol. The number of thiophene rings is 1. The molecule has 0 unspecified atom stereocenters. The minimum Gasteiger partial charge on any atom is -0.378 e. The van der Waals surface area contributed by atoms with E-state index < -0.39 is 0 Å². The fraction of sp³-hybridized carbons (Fsp3) is 0.316. The van der Waals surface area contributed by atoms with E-state index >= 15 is 0 Å². The molecule has 0 spiro atoms. The molecule has 1 amide bonds. The first-order valence-electron chi connectivity index (χ1n) is 8.92. The monoisotopic (exact) mass is 398 g/mol.